The van der Waals surface area contributed by atoms with Crippen LogP contribution < -0.4 is 0 Å². The van der Waals surface area contributed by atoms with Gasteiger partial charge in [0.15, 0.2) is 0 Å². The molecule has 1 saturated carbocycles. The Bertz CT molecular complexity index is 175. The minimum Gasteiger partial charge on any atom is -0.301 e. The first-order valence-corrected chi connectivity index (χ1v) is 3.52. The third-order valence-electron chi connectivity index (χ3n) is 2.33. The van der Waals surface area contributed by atoms with E-state index in [1.54, 1.807) is 5.57 Å². The van der Waals surface area contributed by atoms with Crippen LogP contribution in [0.1, 0.15) is 19.3 Å². The van der Waals surface area contributed by atoms with Crippen molar-refractivity contribution < 1.29 is 0 Å². The summed E-state index contributed by atoms with van der Waals surface area (Å²) >= 11 is 0. The number of hydrogen-bond donors (Lipinski definition) is 0. The highest BCUT2D eigenvalue weighted by atomic mass is 14.7. The fourth-order valence-electron chi connectivity index (χ4n) is 1.42. The molecule has 0 N–H and O–H groups in total. The second kappa shape index (κ2) is 1.47. The van der Waals surface area contributed by atoms with Gasteiger partial charge in [0.05, 0.1) is 0 Å². The maximum atomic E-state index is 3.82. The summed E-state index contributed by atoms with van der Waals surface area (Å²) in [5, 5.41) is 0. The monoisotopic (exact) mass is 121 g/mol. The van der Waals surface area contributed by atoms with E-state index in [-0.39, 0.29) is 0 Å². The van der Waals surface area contributed by atoms with Gasteiger partial charge in [0, 0.05) is 12.0 Å². The molecule has 0 aromatic heterocycles. The van der Waals surface area contributed by atoms with Gasteiger partial charge >= 0.3 is 0 Å². The van der Waals surface area contributed by atoms with Crippen LogP contribution in [0.4, 0.5) is 0 Å². The van der Waals surface area contributed by atoms with Crippen molar-refractivity contribution in [3.8, 4) is 0 Å². The molecule has 9 heavy (non-hydrogen) atoms. The number of aliphatic imine (C=N–C) groups is 1. The van der Waals surface area contributed by atoms with Crippen molar-refractivity contribution >= 4 is 6.72 Å². The molecule has 0 atom stereocenters. The smallest absolute Gasteiger partial charge is 0.0419 e. The second-order valence-corrected chi connectivity index (χ2v) is 3.02. The summed E-state index contributed by atoms with van der Waals surface area (Å²) in [6, 6.07) is 0. The number of nitrogens with zero attached hydrogens (tertiary/aromatic N) is 1. The number of hydrogen-bond acceptors (Lipinski definition) is 1. The SMILES string of the molecule is C=NCCC1=CC12CC2. The Balaban J connectivity index is 1.77. The molecule has 1 spiro atoms. The van der Waals surface area contributed by atoms with Gasteiger partial charge in [0.2, 0.25) is 0 Å². The topological polar surface area (TPSA) is 12.4 Å². The van der Waals surface area contributed by atoms with E-state index in [1.165, 1.54) is 19.3 Å². The highest BCUT2D eigenvalue weighted by Crippen LogP contribution is 2.65. The third-order valence-corrected chi connectivity index (χ3v) is 2.33. The van der Waals surface area contributed by atoms with E-state index in [2.05, 4.69) is 17.8 Å². The maximum Gasteiger partial charge on any atom is 0.0419 e. The van der Waals surface area contributed by atoms with Gasteiger partial charge in [0.25, 0.3) is 0 Å². The molecule has 0 amide bonds. The van der Waals surface area contributed by atoms with Crippen molar-refractivity contribution in [2.24, 2.45) is 10.4 Å². The van der Waals surface area contributed by atoms with E-state index in [4.69, 9.17) is 0 Å². The molecule has 0 aliphatic heterocycles. The van der Waals surface area contributed by atoms with Gasteiger partial charge in [-0.3, -0.25) is 0 Å². The minimum absolute atomic E-state index is 0.671. The Hall–Kier alpha value is -0.590. The molecule has 1 heteroatoms. The summed E-state index contributed by atoms with van der Waals surface area (Å²) in [4.78, 5) is 3.82. The lowest BCUT2D eigenvalue weighted by atomic mass is 10.2. The van der Waals surface area contributed by atoms with E-state index in [1.807, 2.05) is 0 Å². The van der Waals surface area contributed by atoms with Crippen LogP contribution in [-0.4, -0.2) is 13.3 Å². The van der Waals surface area contributed by atoms with Crippen LogP contribution in [0.5, 0.6) is 0 Å². The van der Waals surface area contributed by atoms with Crippen molar-refractivity contribution in [2.75, 3.05) is 6.54 Å². The predicted molar refractivity (Wildman–Crippen MR) is 38.8 cm³/mol. The van der Waals surface area contributed by atoms with Gasteiger partial charge in [-0.2, -0.15) is 0 Å². The summed E-state index contributed by atoms with van der Waals surface area (Å²) in [7, 11) is 0. The lowest BCUT2D eigenvalue weighted by Gasteiger charge is -1.89. The first-order valence-electron chi connectivity index (χ1n) is 3.52. The molecule has 0 aromatic carbocycles. The summed E-state index contributed by atoms with van der Waals surface area (Å²) in [6.45, 7) is 4.38. The first-order chi connectivity index (χ1) is 4.37. The van der Waals surface area contributed by atoms with Gasteiger partial charge in [-0.05, 0) is 26.0 Å². The normalized spacial score (nSPS) is 25.6. The lowest BCUT2D eigenvalue weighted by Crippen LogP contribution is -1.81. The minimum atomic E-state index is 0.671. The summed E-state index contributed by atoms with van der Waals surface area (Å²) in [5.41, 5.74) is 2.32. The van der Waals surface area contributed by atoms with Gasteiger partial charge in [0.1, 0.15) is 0 Å². The Morgan fingerprint density at radius 3 is 2.89 bits per heavy atom. The molecule has 2 aliphatic rings. The molecule has 48 valence electrons. The molecule has 0 radical (unpaired) electrons. The van der Waals surface area contributed by atoms with Gasteiger partial charge in [-0.25, -0.2) is 0 Å². The summed E-state index contributed by atoms with van der Waals surface area (Å²) < 4.78 is 0. The molecule has 0 saturated heterocycles. The van der Waals surface area contributed by atoms with Gasteiger partial charge in [-0.1, -0.05) is 11.6 Å². The van der Waals surface area contributed by atoms with E-state index in [0.29, 0.717) is 5.41 Å². The zero-order valence-electron chi connectivity index (χ0n) is 5.56. The fourth-order valence-corrected chi connectivity index (χ4v) is 1.42. The quantitative estimate of drug-likeness (QED) is 0.399. The fraction of sp³-hybridized carbons (Fsp3) is 0.625. The molecule has 1 nitrogen and oxygen atoms in total. The van der Waals surface area contributed by atoms with E-state index in [9.17, 15) is 0 Å². The molecular weight excluding hydrogens is 110 g/mol. The second-order valence-electron chi connectivity index (χ2n) is 3.02. The van der Waals surface area contributed by atoms with Crippen molar-refractivity contribution in [1.29, 1.82) is 0 Å². The average Bonchev–Trinajstić information content (AvgIpc) is 2.72. The summed E-state index contributed by atoms with van der Waals surface area (Å²) in [6.07, 6.45) is 6.40. The zero-order chi connectivity index (χ0) is 6.32. The number of rotatable bonds is 3. The van der Waals surface area contributed by atoms with Crippen LogP contribution >= 0.6 is 0 Å². The van der Waals surface area contributed by atoms with Crippen molar-refractivity contribution in [3.05, 3.63) is 11.6 Å². The Morgan fingerprint density at radius 2 is 2.44 bits per heavy atom. The molecule has 2 rings (SSSR count). The average molecular weight is 121 g/mol. The largest absolute Gasteiger partial charge is 0.301 e. The van der Waals surface area contributed by atoms with Crippen LogP contribution in [-0.2, 0) is 0 Å². The van der Waals surface area contributed by atoms with Crippen LogP contribution in [0, 0.1) is 5.41 Å². The Labute approximate surface area is 55.5 Å². The highest BCUT2D eigenvalue weighted by Gasteiger charge is 2.53. The third kappa shape index (κ3) is 0.716. The highest BCUT2D eigenvalue weighted by molar-refractivity contribution is 5.45. The molecule has 0 bridgehead atoms. The van der Waals surface area contributed by atoms with E-state index in [0.717, 1.165) is 6.54 Å². The molecule has 1 fully saturated rings. The zero-order valence-corrected chi connectivity index (χ0v) is 5.56. The van der Waals surface area contributed by atoms with Gasteiger partial charge < -0.3 is 4.99 Å². The molecule has 0 heterocycles. The predicted octanol–water partition coefficient (Wildman–Crippen LogP) is 1.80. The van der Waals surface area contributed by atoms with Crippen LogP contribution in [0.25, 0.3) is 0 Å². The van der Waals surface area contributed by atoms with Crippen molar-refractivity contribution in [3.63, 3.8) is 0 Å². The standard InChI is InChI=1S/C8H11N/c1-9-5-2-7-6-8(7)3-4-8/h6H,1-5H2. The van der Waals surface area contributed by atoms with E-state index >= 15 is 0 Å². The lowest BCUT2D eigenvalue weighted by molar-refractivity contribution is 0.862. The summed E-state index contributed by atoms with van der Waals surface area (Å²) in [5.74, 6) is 0. The maximum absolute atomic E-state index is 3.82. The Kier molecular flexibility index (Phi) is 0.850. The molecular formula is C8H11N. The number of allylic oxidation sites excluding steroid dienone is 1. The molecule has 0 aromatic rings. The molecule has 0 unspecified atom stereocenters. The van der Waals surface area contributed by atoms with Crippen molar-refractivity contribution in [2.45, 2.75) is 19.3 Å². The Morgan fingerprint density at radius 1 is 1.67 bits per heavy atom. The molecule has 2 aliphatic carbocycles. The van der Waals surface area contributed by atoms with Crippen LogP contribution in [0.2, 0.25) is 0 Å². The van der Waals surface area contributed by atoms with Gasteiger partial charge in [-0.15, -0.1) is 0 Å². The van der Waals surface area contributed by atoms with E-state index < -0.39 is 0 Å². The first kappa shape index (κ1) is 5.21. The van der Waals surface area contributed by atoms with Crippen molar-refractivity contribution in [1.82, 2.24) is 0 Å². The van der Waals surface area contributed by atoms with Crippen LogP contribution in [0.3, 0.4) is 0 Å². The van der Waals surface area contributed by atoms with Crippen LogP contribution in [0.15, 0.2) is 16.6 Å².